The van der Waals surface area contributed by atoms with Gasteiger partial charge in [-0.1, -0.05) is 85.3 Å². The Morgan fingerprint density at radius 1 is 1.03 bits per heavy atom. The number of amides is 1. The summed E-state index contributed by atoms with van der Waals surface area (Å²) in [5, 5.41) is 3.14. The third kappa shape index (κ3) is 4.30. The SMILES string of the molecule is CCC(NC(=O)c1c(-c2ccc(Cl)c(F)c2)nc(-c2ccccc2)n1C)c1ccccc1. The Bertz CT molecular complexity index is 1240. The van der Waals surface area contributed by atoms with Crippen molar-refractivity contribution in [2.75, 3.05) is 0 Å². The van der Waals surface area contributed by atoms with Gasteiger partial charge in [0.25, 0.3) is 5.91 Å². The third-order valence-electron chi connectivity index (χ3n) is 5.45. The summed E-state index contributed by atoms with van der Waals surface area (Å²) in [5.41, 5.74) is 3.14. The lowest BCUT2D eigenvalue weighted by atomic mass is 10.0. The summed E-state index contributed by atoms with van der Waals surface area (Å²) >= 11 is 5.88. The molecule has 6 heteroatoms. The molecule has 1 amide bonds. The number of aromatic nitrogens is 2. The monoisotopic (exact) mass is 447 g/mol. The van der Waals surface area contributed by atoms with Gasteiger partial charge in [0.1, 0.15) is 23.0 Å². The zero-order valence-corrected chi connectivity index (χ0v) is 18.6. The lowest BCUT2D eigenvalue weighted by Gasteiger charge is -2.18. The minimum atomic E-state index is -0.557. The number of carbonyl (C=O) groups is 1. The van der Waals surface area contributed by atoms with E-state index in [1.165, 1.54) is 12.1 Å². The van der Waals surface area contributed by atoms with Gasteiger partial charge in [-0.15, -0.1) is 0 Å². The van der Waals surface area contributed by atoms with E-state index >= 15 is 0 Å². The van der Waals surface area contributed by atoms with Crippen LogP contribution in [-0.4, -0.2) is 15.5 Å². The van der Waals surface area contributed by atoms with Crippen molar-refractivity contribution in [1.29, 1.82) is 0 Å². The molecule has 4 nitrogen and oxygen atoms in total. The second-order valence-electron chi connectivity index (χ2n) is 7.53. The van der Waals surface area contributed by atoms with Crippen LogP contribution in [0.5, 0.6) is 0 Å². The second-order valence-corrected chi connectivity index (χ2v) is 7.94. The molecule has 0 aliphatic heterocycles. The Hall–Kier alpha value is -3.44. The van der Waals surface area contributed by atoms with E-state index in [0.29, 0.717) is 22.8 Å². The molecule has 162 valence electrons. The van der Waals surface area contributed by atoms with Crippen LogP contribution in [0.2, 0.25) is 5.02 Å². The summed E-state index contributed by atoms with van der Waals surface area (Å²) in [7, 11) is 1.80. The first-order valence-corrected chi connectivity index (χ1v) is 10.8. The Labute approximate surface area is 191 Å². The highest BCUT2D eigenvalue weighted by atomic mass is 35.5. The van der Waals surface area contributed by atoms with Crippen LogP contribution in [0.4, 0.5) is 4.39 Å². The number of imidazole rings is 1. The van der Waals surface area contributed by atoms with Crippen molar-refractivity contribution in [2.45, 2.75) is 19.4 Å². The number of nitrogens with one attached hydrogen (secondary N) is 1. The number of hydrogen-bond donors (Lipinski definition) is 1. The van der Waals surface area contributed by atoms with Gasteiger partial charge >= 0.3 is 0 Å². The maximum absolute atomic E-state index is 14.2. The van der Waals surface area contributed by atoms with Crippen molar-refractivity contribution in [3.05, 3.63) is 101 Å². The molecule has 1 atom stereocenters. The minimum Gasteiger partial charge on any atom is -0.344 e. The molecule has 4 aromatic rings. The van der Waals surface area contributed by atoms with Gasteiger partial charge in [-0.2, -0.15) is 0 Å². The fraction of sp³-hybridized carbons (Fsp3) is 0.154. The van der Waals surface area contributed by atoms with Gasteiger partial charge in [0.05, 0.1) is 11.1 Å². The van der Waals surface area contributed by atoms with Gasteiger partial charge in [0.15, 0.2) is 0 Å². The molecule has 1 N–H and O–H groups in total. The molecule has 32 heavy (non-hydrogen) atoms. The number of rotatable bonds is 6. The highest BCUT2D eigenvalue weighted by molar-refractivity contribution is 6.30. The number of hydrogen-bond acceptors (Lipinski definition) is 2. The van der Waals surface area contributed by atoms with E-state index in [9.17, 15) is 9.18 Å². The average Bonchev–Trinajstić information content (AvgIpc) is 3.17. The van der Waals surface area contributed by atoms with E-state index in [2.05, 4.69) is 5.32 Å². The molecular formula is C26H23ClFN3O. The highest BCUT2D eigenvalue weighted by Crippen LogP contribution is 2.31. The van der Waals surface area contributed by atoms with E-state index in [1.54, 1.807) is 17.7 Å². The van der Waals surface area contributed by atoms with Gasteiger partial charge in [-0.3, -0.25) is 4.79 Å². The molecule has 0 aliphatic rings. The molecule has 0 fully saturated rings. The lowest BCUT2D eigenvalue weighted by molar-refractivity contribution is 0.0928. The molecule has 3 aromatic carbocycles. The zero-order chi connectivity index (χ0) is 22.7. The van der Waals surface area contributed by atoms with Crippen LogP contribution < -0.4 is 5.32 Å². The Morgan fingerprint density at radius 3 is 2.31 bits per heavy atom. The Kier molecular flexibility index (Phi) is 6.37. The van der Waals surface area contributed by atoms with Gasteiger partial charge in [0, 0.05) is 18.2 Å². The van der Waals surface area contributed by atoms with Crippen LogP contribution in [0.25, 0.3) is 22.6 Å². The summed E-state index contributed by atoms with van der Waals surface area (Å²) in [6.45, 7) is 2.02. The molecule has 0 radical (unpaired) electrons. The Balaban J connectivity index is 1.81. The topological polar surface area (TPSA) is 46.9 Å². The summed E-state index contributed by atoms with van der Waals surface area (Å²) in [5.74, 6) is -0.213. The first kappa shape index (κ1) is 21.8. The lowest BCUT2D eigenvalue weighted by Crippen LogP contribution is -2.30. The number of halogens is 2. The second kappa shape index (κ2) is 9.37. The maximum Gasteiger partial charge on any atom is 0.270 e. The predicted molar refractivity (Wildman–Crippen MR) is 126 cm³/mol. The Morgan fingerprint density at radius 2 is 1.69 bits per heavy atom. The van der Waals surface area contributed by atoms with Crippen LogP contribution in [0.15, 0.2) is 78.9 Å². The fourth-order valence-electron chi connectivity index (χ4n) is 3.78. The van der Waals surface area contributed by atoms with Crippen molar-refractivity contribution in [3.8, 4) is 22.6 Å². The molecule has 0 spiro atoms. The molecule has 4 rings (SSSR count). The molecule has 1 unspecified atom stereocenters. The molecule has 0 aliphatic carbocycles. The maximum atomic E-state index is 14.2. The minimum absolute atomic E-state index is 0.0223. The van der Waals surface area contributed by atoms with Gasteiger partial charge in [-0.05, 0) is 24.1 Å². The van der Waals surface area contributed by atoms with Crippen LogP contribution in [0.1, 0.15) is 35.4 Å². The molecule has 1 aromatic heterocycles. The molecule has 1 heterocycles. The van der Waals surface area contributed by atoms with Crippen LogP contribution in [0, 0.1) is 5.82 Å². The normalized spacial score (nSPS) is 11.9. The summed E-state index contributed by atoms with van der Waals surface area (Å²) in [4.78, 5) is 18.2. The van der Waals surface area contributed by atoms with Gasteiger partial charge in [-0.25, -0.2) is 9.37 Å². The van der Waals surface area contributed by atoms with Crippen LogP contribution in [-0.2, 0) is 7.05 Å². The molecule has 0 saturated heterocycles. The summed E-state index contributed by atoms with van der Waals surface area (Å²) < 4.78 is 16.0. The first-order valence-electron chi connectivity index (χ1n) is 10.4. The first-order chi connectivity index (χ1) is 15.5. The highest BCUT2D eigenvalue weighted by Gasteiger charge is 2.25. The van der Waals surface area contributed by atoms with E-state index in [4.69, 9.17) is 16.6 Å². The smallest absolute Gasteiger partial charge is 0.270 e. The zero-order valence-electron chi connectivity index (χ0n) is 17.8. The van der Waals surface area contributed by atoms with E-state index in [-0.39, 0.29) is 17.0 Å². The van der Waals surface area contributed by atoms with Crippen molar-refractivity contribution in [2.24, 2.45) is 7.05 Å². The van der Waals surface area contributed by atoms with Crippen LogP contribution >= 0.6 is 11.6 Å². The average molecular weight is 448 g/mol. The van der Waals surface area contributed by atoms with E-state index in [0.717, 1.165) is 17.5 Å². The van der Waals surface area contributed by atoms with E-state index in [1.807, 2.05) is 67.6 Å². The van der Waals surface area contributed by atoms with Crippen molar-refractivity contribution >= 4 is 17.5 Å². The molecule has 0 bridgehead atoms. The number of nitrogens with zero attached hydrogens (tertiary/aromatic N) is 2. The largest absolute Gasteiger partial charge is 0.344 e. The van der Waals surface area contributed by atoms with Crippen molar-refractivity contribution < 1.29 is 9.18 Å². The summed E-state index contributed by atoms with van der Waals surface area (Å²) in [6, 6.07) is 23.7. The third-order valence-corrected chi connectivity index (χ3v) is 5.76. The van der Waals surface area contributed by atoms with Crippen LogP contribution in [0.3, 0.4) is 0 Å². The fourth-order valence-corrected chi connectivity index (χ4v) is 3.90. The van der Waals surface area contributed by atoms with Gasteiger partial charge in [0.2, 0.25) is 0 Å². The molecule has 0 saturated carbocycles. The standard InChI is InChI=1S/C26H23ClFN3O/c1-3-22(17-10-6-4-7-11-17)29-26(32)24-23(19-14-15-20(27)21(28)16-19)30-25(31(24)2)18-12-8-5-9-13-18/h4-16,22H,3H2,1-2H3,(H,29,32). The van der Waals surface area contributed by atoms with Crippen molar-refractivity contribution in [3.63, 3.8) is 0 Å². The quantitative estimate of drug-likeness (QED) is 0.370. The summed E-state index contributed by atoms with van der Waals surface area (Å²) in [6.07, 6.45) is 0.726. The van der Waals surface area contributed by atoms with Crippen molar-refractivity contribution in [1.82, 2.24) is 14.9 Å². The molecular weight excluding hydrogens is 425 g/mol. The van der Waals surface area contributed by atoms with E-state index < -0.39 is 5.82 Å². The van der Waals surface area contributed by atoms with Gasteiger partial charge < -0.3 is 9.88 Å². The predicted octanol–water partition coefficient (Wildman–Crippen LogP) is 6.43. The number of benzene rings is 3. The number of carbonyl (C=O) groups excluding carboxylic acids is 1.